The largest absolute Gasteiger partial charge is 0.469 e. The molecule has 0 radical (unpaired) electrons. The highest BCUT2D eigenvalue weighted by Gasteiger charge is 2.34. The first-order valence-corrected chi connectivity index (χ1v) is 7.69. The SMILES string of the molecule is CNc1nn(-c2ccccc2)c2c1C(=O)CC(c1ccco1)C2. The highest BCUT2D eigenvalue weighted by atomic mass is 16.3. The van der Waals surface area contributed by atoms with Crippen LogP contribution in [0, 0.1) is 0 Å². The third kappa shape index (κ3) is 2.25. The second kappa shape index (κ2) is 5.43. The van der Waals surface area contributed by atoms with Crippen molar-refractivity contribution in [3.63, 3.8) is 0 Å². The number of benzene rings is 1. The van der Waals surface area contributed by atoms with Crippen LogP contribution in [0.2, 0.25) is 0 Å². The molecule has 0 saturated carbocycles. The van der Waals surface area contributed by atoms with E-state index in [9.17, 15) is 4.79 Å². The maximum absolute atomic E-state index is 12.7. The molecule has 5 heteroatoms. The zero-order valence-corrected chi connectivity index (χ0v) is 12.8. The number of nitrogens with one attached hydrogen (secondary N) is 1. The van der Waals surface area contributed by atoms with Gasteiger partial charge in [0.25, 0.3) is 0 Å². The summed E-state index contributed by atoms with van der Waals surface area (Å²) < 4.78 is 7.39. The van der Waals surface area contributed by atoms with Crippen LogP contribution < -0.4 is 5.32 Å². The molecule has 0 fully saturated rings. The van der Waals surface area contributed by atoms with Crippen LogP contribution in [0.5, 0.6) is 0 Å². The molecule has 116 valence electrons. The quantitative estimate of drug-likeness (QED) is 0.805. The third-order valence-electron chi connectivity index (χ3n) is 4.31. The molecule has 23 heavy (non-hydrogen) atoms. The first-order valence-electron chi connectivity index (χ1n) is 7.69. The number of carbonyl (C=O) groups is 1. The molecule has 1 atom stereocenters. The maximum atomic E-state index is 12.7. The second-order valence-electron chi connectivity index (χ2n) is 5.71. The Hall–Kier alpha value is -2.82. The molecule has 0 aliphatic heterocycles. The van der Waals surface area contributed by atoms with Gasteiger partial charge in [0.2, 0.25) is 0 Å². The number of carbonyl (C=O) groups excluding carboxylic acids is 1. The average molecular weight is 307 g/mol. The Morgan fingerprint density at radius 1 is 1.17 bits per heavy atom. The summed E-state index contributed by atoms with van der Waals surface area (Å²) in [5.41, 5.74) is 2.61. The van der Waals surface area contributed by atoms with Crippen molar-refractivity contribution < 1.29 is 9.21 Å². The molecule has 1 N–H and O–H groups in total. The van der Waals surface area contributed by atoms with E-state index in [1.54, 1.807) is 13.3 Å². The summed E-state index contributed by atoms with van der Waals surface area (Å²) in [6.45, 7) is 0. The molecule has 4 rings (SSSR count). The van der Waals surface area contributed by atoms with E-state index in [0.29, 0.717) is 17.8 Å². The number of furan rings is 1. The van der Waals surface area contributed by atoms with Crippen LogP contribution in [0.3, 0.4) is 0 Å². The second-order valence-corrected chi connectivity index (χ2v) is 5.71. The molecule has 1 unspecified atom stereocenters. The molecule has 0 saturated heterocycles. The summed E-state index contributed by atoms with van der Waals surface area (Å²) in [4.78, 5) is 12.7. The van der Waals surface area contributed by atoms with Gasteiger partial charge >= 0.3 is 0 Å². The zero-order valence-electron chi connectivity index (χ0n) is 12.8. The first-order chi connectivity index (χ1) is 11.3. The van der Waals surface area contributed by atoms with Crippen LogP contribution in [-0.4, -0.2) is 22.6 Å². The van der Waals surface area contributed by atoms with Crippen LogP contribution in [0.25, 0.3) is 5.69 Å². The predicted octanol–water partition coefficient (Wildman–Crippen LogP) is 3.42. The number of aromatic nitrogens is 2. The van der Waals surface area contributed by atoms with Gasteiger partial charge in [-0.25, -0.2) is 4.68 Å². The molecule has 1 aliphatic rings. The number of Topliss-reactive ketones (excluding diaryl/α,β-unsaturated/α-hetero) is 1. The van der Waals surface area contributed by atoms with Crippen molar-refractivity contribution in [2.24, 2.45) is 0 Å². The molecule has 0 amide bonds. The van der Waals surface area contributed by atoms with E-state index in [0.717, 1.165) is 23.6 Å². The molecule has 5 nitrogen and oxygen atoms in total. The lowest BCUT2D eigenvalue weighted by atomic mass is 9.85. The molecule has 2 aromatic heterocycles. The van der Waals surface area contributed by atoms with E-state index in [1.165, 1.54) is 0 Å². The van der Waals surface area contributed by atoms with E-state index in [1.807, 2.05) is 47.1 Å². The summed E-state index contributed by atoms with van der Waals surface area (Å²) in [6, 6.07) is 13.7. The van der Waals surface area contributed by atoms with Crippen molar-refractivity contribution >= 4 is 11.6 Å². The van der Waals surface area contributed by atoms with Gasteiger partial charge in [-0.2, -0.15) is 0 Å². The van der Waals surface area contributed by atoms with Gasteiger partial charge in [0.05, 0.1) is 23.2 Å². The molecule has 0 spiro atoms. The Morgan fingerprint density at radius 2 is 2.00 bits per heavy atom. The van der Waals surface area contributed by atoms with E-state index >= 15 is 0 Å². The number of ketones is 1. The molecule has 2 heterocycles. The lowest BCUT2D eigenvalue weighted by Gasteiger charge is -2.21. The number of nitrogens with zero attached hydrogens (tertiary/aromatic N) is 2. The van der Waals surface area contributed by atoms with E-state index < -0.39 is 0 Å². The van der Waals surface area contributed by atoms with Crippen LogP contribution in [0.4, 0.5) is 5.82 Å². The van der Waals surface area contributed by atoms with Crippen molar-refractivity contribution in [1.29, 1.82) is 0 Å². The molecule has 1 aliphatic carbocycles. The van der Waals surface area contributed by atoms with Gasteiger partial charge in [0.1, 0.15) is 5.76 Å². The van der Waals surface area contributed by atoms with Crippen LogP contribution in [0.1, 0.15) is 34.2 Å². The Labute approximate surface area is 133 Å². The molecule has 0 bridgehead atoms. The topological polar surface area (TPSA) is 60.1 Å². The van der Waals surface area contributed by atoms with E-state index in [4.69, 9.17) is 4.42 Å². The van der Waals surface area contributed by atoms with Gasteiger partial charge < -0.3 is 9.73 Å². The van der Waals surface area contributed by atoms with Crippen molar-refractivity contribution in [3.8, 4) is 5.69 Å². The summed E-state index contributed by atoms with van der Waals surface area (Å²) in [5.74, 6) is 1.68. The summed E-state index contributed by atoms with van der Waals surface area (Å²) >= 11 is 0. The summed E-state index contributed by atoms with van der Waals surface area (Å²) in [5, 5.41) is 7.65. The van der Waals surface area contributed by atoms with E-state index in [2.05, 4.69) is 10.4 Å². The lowest BCUT2D eigenvalue weighted by molar-refractivity contribution is 0.0960. The van der Waals surface area contributed by atoms with Crippen molar-refractivity contribution in [3.05, 3.63) is 65.7 Å². The number of hydrogen-bond donors (Lipinski definition) is 1. The van der Waals surface area contributed by atoms with Crippen LogP contribution in [0.15, 0.2) is 53.1 Å². The third-order valence-corrected chi connectivity index (χ3v) is 4.31. The average Bonchev–Trinajstić information content (AvgIpc) is 3.23. The fourth-order valence-electron chi connectivity index (χ4n) is 3.25. The molecule has 3 aromatic rings. The Balaban J connectivity index is 1.84. The normalized spacial score (nSPS) is 17.1. The Bertz CT molecular complexity index is 835. The number of rotatable bonds is 3. The van der Waals surface area contributed by atoms with Crippen LogP contribution in [-0.2, 0) is 6.42 Å². The van der Waals surface area contributed by atoms with Gasteiger partial charge in [-0.3, -0.25) is 4.79 Å². The van der Waals surface area contributed by atoms with E-state index in [-0.39, 0.29) is 11.7 Å². The van der Waals surface area contributed by atoms with Gasteiger partial charge in [-0.05, 0) is 24.3 Å². The standard InChI is InChI=1S/C18H17N3O2/c1-19-18-17-14(21(20-18)13-6-3-2-4-7-13)10-12(11-15(17)22)16-8-5-9-23-16/h2-9,12H,10-11H2,1H3,(H,19,20). The number of fused-ring (bicyclic) bond motifs is 1. The molecule has 1 aromatic carbocycles. The molecular weight excluding hydrogens is 290 g/mol. The van der Waals surface area contributed by atoms with Crippen molar-refractivity contribution in [2.75, 3.05) is 12.4 Å². The van der Waals surface area contributed by atoms with Gasteiger partial charge in [0.15, 0.2) is 11.6 Å². The fraction of sp³-hybridized carbons (Fsp3) is 0.222. The monoisotopic (exact) mass is 307 g/mol. The van der Waals surface area contributed by atoms with Gasteiger partial charge in [-0.1, -0.05) is 18.2 Å². The zero-order chi connectivity index (χ0) is 15.8. The van der Waals surface area contributed by atoms with Crippen molar-refractivity contribution in [1.82, 2.24) is 9.78 Å². The predicted molar refractivity (Wildman–Crippen MR) is 87.2 cm³/mol. The van der Waals surface area contributed by atoms with Crippen molar-refractivity contribution in [2.45, 2.75) is 18.8 Å². The number of anilines is 1. The maximum Gasteiger partial charge on any atom is 0.169 e. The Morgan fingerprint density at radius 3 is 2.70 bits per heavy atom. The van der Waals surface area contributed by atoms with Crippen LogP contribution >= 0.6 is 0 Å². The summed E-state index contributed by atoms with van der Waals surface area (Å²) in [6.07, 6.45) is 2.84. The Kier molecular flexibility index (Phi) is 3.26. The minimum Gasteiger partial charge on any atom is -0.469 e. The fourth-order valence-corrected chi connectivity index (χ4v) is 3.25. The number of para-hydroxylation sites is 1. The molecular formula is C18H17N3O2. The van der Waals surface area contributed by atoms with Gasteiger partial charge in [0, 0.05) is 25.8 Å². The van der Waals surface area contributed by atoms with Gasteiger partial charge in [-0.15, -0.1) is 5.10 Å². The summed E-state index contributed by atoms with van der Waals surface area (Å²) in [7, 11) is 1.80. The minimum atomic E-state index is 0.0638. The smallest absolute Gasteiger partial charge is 0.169 e. The first kappa shape index (κ1) is 13.8. The lowest BCUT2D eigenvalue weighted by Crippen LogP contribution is -2.20. The highest BCUT2D eigenvalue weighted by Crippen LogP contribution is 2.37. The number of hydrogen-bond acceptors (Lipinski definition) is 4. The minimum absolute atomic E-state index is 0.0638. The highest BCUT2D eigenvalue weighted by molar-refractivity contribution is 6.03.